The maximum absolute atomic E-state index is 13.5. The number of hydrogen-bond donors (Lipinski definition) is 0. The van der Waals surface area contributed by atoms with E-state index in [1.807, 2.05) is 57.2 Å². The first kappa shape index (κ1) is 25.0. The Balaban J connectivity index is 1.97. The highest BCUT2D eigenvalue weighted by molar-refractivity contribution is 5.77. The molecular formula is C28H37NO4. The van der Waals surface area contributed by atoms with E-state index in [1.54, 1.807) is 0 Å². The van der Waals surface area contributed by atoms with Gasteiger partial charge in [-0.1, -0.05) is 60.7 Å². The van der Waals surface area contributed by atoms with Crippen LogP contribution < -0.4 is 0 Å². The van der Waals surface area contributed by atoms with Crippen molar-refractivity contribution in [3.8, 4) is 0 Å². The smallest absolute Gasteiger partial charge is 0.311 e. The molecule has 0 aliphatic heterocycles. The molecule has 0 amide bonds. The average molecular weight is 452 g/mol. The summed E-state index contributed by atoms with van der Waals surface area (Å²) in [6, 6.07) is 20.8. The second-order valence-corrected chi connectivity index (χ2v) is 9.99. The van der Waals surface area contributed by atoms with Crippen LogP contribution in [0.4, 0.5) is 0 Å². The van der Waals surface area contributed by atoms with Gasteiger partial charge in [-0.15, -0.1) is 0 Å². The molecule has 4 atom stereocenters. The lowest BCUT2D eigenvalue weighted by Gasteiger charge is -2.39. The van der Waals surface area contributed by atoms with Crippen LogP contribution in [0.15, 0.2) is 60.7 Å². The predicted molar refractivity (Wildman–Crippen MR) is 129 cm³/mol. The van der Waals surface area contributed by atoms with Gasteiger partial charge in [0, 0.05) is 25.0 Å². The van der Waals surface area contributed by atoms with E-state index in [9.17, 15) is 9.59 Å². The summed E-state index contributed by atoms with van der Waals surface area (Å²) < 4.78 is 10.8. The molecule has 178 valence electrons. The number of carbonyl (C=O) groups excluding carboxylic acids is 2. The highest BCUT2D eigenvalue weighted by Crippen LogP contribution is 2.42. The van der Waals surface area contributed by atoms with E-state index in [2.05, 4.69) is 36.1 Å². The quantitative estimate of drug-likeness (QED) is 0.493. The molecule has 1 fully saturated rings. The van der Waals surface area contributed by atoms with Gasteiger partial charge in [0.25, 0.3) is 0 Å². The number of ether oxygens (including phenoxy) is 2. The first-order valence-electron chi connectivity index (χ1n) is 11.8. The van der Waals surface area contributed by atoms with Crippen molar-refractivity contribution in [1.82, 2.24) is 4.90 Å². The van der Waals surface area contributed by atoms with Gasteiger partial charge in [-0.05, 0) is 57.6 Å². The predicted octanol–water partition coefficient (Wildman–Crippen LogP) is 5.55. The third kappa shape index (κ3) is 6.67. The average Bonchev–Trinajstić information content (AvgIpc) is 3.20. The number of rotatable bonds is 8. The topological polar surface area (TPSA) is 55.8 Å². The highest BCUT2D eigenvalue weighted by Gasteiger charge is 2.47. The Kier molecular flexibility index (Phi) is 8.30. The van der Waals surface area contributed by atoms with Crippen molar-refractivity contribution in [1.29, 1.82) is 0 Å². The summed E-state index contributed by atoms with van der Waals surface area (Å²) in [7, 11) is 1.40. The molecule has 1 aliphatic rings. The van der Waals surface area contributed by atoms with Gasteiger partial charge in [0.15, 0.2) is 0 Å². The SMILES string of the molecule is COC(=O)C[C@H]1CC[C@@H](N(Cc2ccccc2)[C@H](C)c2ccccc2)[C@@H]1C(=O)OC(C)(C)C. The number of esters is 2. The number of methoxy groups -OCH3 is 1. The van der Waals surface area contributed by atoms with E-state index in [1.165, 1.54) is 18.2 Å². The third-order valence-electron chi connectivity index (χ3n) is 6.50. The summed E-state index contributed by atoms with van der Waals surface area (Å²) >= 11 is 0. The van der Waals surface area contributed by atoms with Crippen molar-refractivity contribution in [3.05, 3.63) is 71.8 Å². The molecule has 5 heteroatoms. The Morgan fingerprint density at radius 2 is 1.61 bits per heavy atom. The van der Waals surface area contributed by atoms with E-state index in [0.717, 1.165) is 12.8 Å². The Bertz CT molecular complexity index is 906. The van der Waals surface area contributed by atoms with Crippen molar-refractivity contribution in [2.24, 2.45) is 11.8 Å². The Morgan fingerprint density at radius 3 is 2.18 bits per heavy atom. The van der Waals surface area contributed by atoms with E-state index < -0.39 is 11.5 Å². The molecule has 0 aromatic heterocycles. The van der Waals surface area contributed by atoms with Crippen molar-refractivity contribution in [3.63, 3.8) is 0 Å². The molecule has 3 rings (SSSR count). The normalized spacial score (nSPS) is 21.6. The van der Waals surface area contributed by atoms with E-state index in [-0.39, 0.29) is 36.4 Å². The fraction of sp³-hybridized carbons (Fsp3) is 0.500. The largest absolute Gasteiger partial charge is 0.469 e. The third-order valence-corrected chi connectivity index (χ3v) is 6.50. The van der Waals surface area contributed by atoms with Crippen molar-refractivity contribution < 1.29 is 19.1 Å². The molecule has 2 aromatic carbocycles. The van der Waals surface area contributed by atoms with E-state index >= 15 is 0 Å². The van der Waals surface area contributed by atoms with Gasteiger partial charge in [-0.2, -0.15) is 0 Å². The summed E-state index contributed by atoms with van der Waals surface area (Å²) in [5.41, 5.74) is 1.81. The molecule has 2 aromatic rings. The zero-order chi connectivity index (χ0) is 24.0. The molecule has 0 saturated heterocycles. The molecule has 0 spiro atoms. The number of carbonyl (C=O) groups is 2. The summed E-state index contributed by atoms with van der Waals surface area (Å²) in [5, 5.41) is 0. The molecular weight excluding hydrogens is 414 g/mol. The minimum absolute atomic E-state index is 0.0371. The van der Waals surface area contributed by atoms with Crippen LogP contribution in [0.25, 0.3) is 0 Å². The van der Waals surface area contributed by atoms with Gasteiger partial charge < -0.3 is 9.47 Å². The summed E-state index contributed by atoms with van der Waals surface area (Å²) in [4.78, 5) is 28.0. The zero-order valence-electron chi connectivity index (χ0n) is 20.5. The van der Waals surface area contributed by atoms with Crippen LogP contribution >= 0.6 is 0 Å². The molecule has 0 heterocycles. The molecule has 0 radical (unpaired) electrons. The Hall–Kier alpha value is -2.66. The van der Waals surface area contributed by atoms with Gasteiger partial charge in [-0.3, -0.25) is 14.5 Å². The monoisotopic (exact) mass is 451 g/mol. The second kappa shape index (κ2) is 11.0. The van der Waals surface area contributed by atoms with Crippen LogP contribution in [0.5, 0.6) is 0 Å². The van der Waals surface area contributed by atoms with Gasteiger partial charge in [-0.25, -0.2) is 0 Å². The van der Waals surface area contributed by atoms with Gasteiger partial charge >= 0.3 is 11.9 Å². The van der Waals surface area contributed by atoms with Crippen LogP contribution in [0, 0.1) is 11.8 Å². The summed E-state index contributed by atoms with van der Waals surface area (Å²) in [6.07, 6.45) is 1.85. The minimum Gasteiger partial charge on any atom is -0.469 e. The first-order valence-corrected chi connectivity index (χ1v) is 11.8. The lowest BCUT2D eigenvalue weighted by Crippen LogP contribution is -2.45. The van der Waals surface area contributed by atoms with Crippen LogP contribution in [0.1, 0.15) is 64.1 Å². The fourth-order valence-corrected chi connectivity index (χ4v) is 4.93. The zero-order valence-corrected chi connectivity index (χ0v) is 20.5. The number of hydrogen-bond acceptors (Lipinski definition) is 5. The van der Waals surface area contributed by atoms with Crippen molar-refractivity contribution >= 4 is 11.9 Å². The second-order valence-electron chi connectivity index (χ2n) is 9.99. The molecule has 33 heavy (non-hydrogen) atoms. The van der Waals surface area contributed by atoms with Crippen LogP contribution in [0.3, 0.4) is 0 Å². The minimum atomic E-state index is -0.588. The standard InChI is InChI=1S/C28H37NO4/c1-20(22-14-10-7-11-15-22)29(19-21-12-8-6-9-13-21)24-17-16-23(18-25(30)32-5)26(24)27(31)33-28(2,3)4/h6-15,20,23-24,26H,16-19H2,1-5H3/t20-,23-,24-,26-/m1/s1. The summed E-state index contributed by atoms with van der Waals surface area (Å²) in [5.74, 6) is -0.992. The van der Waals surface area contributed by atoms with Crippen LogP contribution in [0.2, 0.25) is 0 Å². The van der Waals surface area contributed by atoms with E-state index in [0.29, 0.717) is 6.54 Å². The van der Waals surface area contributed by atoms with Crippen molar-refractivity contribution in [2.75, 3.05) is 7.11 Å². The summed E-state index contributed by atoms with van der Waals surface area (Å²) in [6.45, 7) is 8.57. The van der Waals surface area contributed by atoms with Crippen LogP contribution in [-0.4, -0.2) is 35.6 Å². The maximum atomic E-state index is 13.5. The molecule has 0 N–H and O–H groups in total. The van der Waals surface area contributed by atoms with Crippen molar-refractivity contribution in [2.45, 2.75) is 71.2 Å². The molecule has 1 aliphatic carbocycles. The van der Waals surface area contributed by atoms with Gasteiger partial charge in [0.2, 0.25) is 0 Å². The maximum Gasteiger partial charge on any atom is 0.311 e. The highest BCUT2D eigenvalue weighted by atomic mass is 16.6. The molecule has 5 nitrogen and oxygen atoms in total. The Labute approximate surface area is 198 Å². The van der Waals surface area contributed by atoms with Gasteiger partial charge in [0.1, 0.15) is 5.60 Å². The first-order chi connectivity index (χ1) is 15.7. The molecule has 0 bridgehead atoms. The number of nitrogens with zero attached hydrogens (tertiary/aromatic N) is 1. The molecule has 0 unspecified atom stereocenters. The number of benzene rings is 2. The fourth-order valence-electron chi connectivity index (χ4n) is 4.93. The van der Waals surface area contributed by atoms with Gasteiger partial charge in [0.05, 0.1) is 13.0 Å². The Morgan fingerprint density at radius 1 is 1.00 bits per heavy atom. The molecule has 1 saturated carbocycles. The van der Waals surface area contributed by atoms with E-state index in [4.69, 9.17) is 9.47 Å². The lowest BCUT2D eigenvalue weighted by molar-refractivity contribution is -0.164. The van der Waals surface area contributed by atoms with Crippen LogP contribution in [-0.2, 0) is 25.6 Å². The lowest BCUT2D eigenvalue weighted by atomic mass is 9.88.